The number of nitrogens with one attached hydrogen (secondary N) is 1. The summed E-state index contributed by atoms with van der Waals surface area (Å²) >= 11 is 5.76. The van der Waals surface area contributed by atoms with Crippen molar-refractivity contribution in [2.75, 3.05) is 11.9 Å². The number of halogens is 2. The number of rotatable bonds is 7. The molecule has 8 heteroatoms. The first kappa shape index (κ1) is 19.4. The maximum atomic E-state index is 13.6. The molecular weight excluding hydrogens is 389 g/mol. The van der Waals surface area contributed by atoms with Crippen molar-refractivity contribution >= 4 is 29.2 Å². The molecule has 2 aromatic carbocycles. The summed E-state index contributed by atoms with van der Waals surface area (Å²) in [6.07, 6.45) is 1.32. The van der Waals surface area contributed by atoms with E-state index in [1.54, 1.807) is 18.2 Å². The van der Waals surface area contributed by atoms with Crippen LogP contribution in [-0.2, 0) is 16.1 Å². The third kappa shape index (κ3) is 5.11. The molecule has 0 saturated carbocycles. The molecule has 3 aromatic rings. The fraction of sp³-hybridized carbons (Fsp3) is 0.100. The molecule has 0 fully saturated rings. The van der Waals surface area contributed by atoms with E-state index in [9.17, 15) is 14.0 Å². The molecule has 0 aliphatic carbocycles. The van der Waals surface area contributed by atoms with Crippen molar-refractivity contribution in [3.8, 4) is 5.75 Å². The predicted molar refractivity (Wildman–Crippen MR) is 99.8 cm³/mol. The Hall–Kier alpha value is -3.32. The van der Waals surface area contributed by atoms with Gasteiger partial charge in [-0.3, -0.25) is 4.79 Å². The number of furan rings is 1. The van der Waals surface area contributed by atoms with Crippen LogP contribution >= 0.6 is 11.6 Å². The van der Waals surface area contributed by atoms with E-state index in [0.29, 0.717) is 11.3 Å². The molecule has 28 heavy (non-hydrogen) atoms. The van der Waals surface area contributed by atoms with Gasteiger partial charge in [-0.1, -0.05) is 29.8 Å². The molecule has 0 saturated heterocycles. The Labute approximate surface area is 164 Å². The standard InChI is InChI=1S/C20H15ClFNO5/c21-14-6-7-16(22)17(10-14)23-18(24)12-28-20(25)19-13(8-9-26-19)11-27-15-4-2-1-3-5-15/h1-10H,11-12H2,(H,23,24). The minimum atomic E-state index is -0.835. The molecule has 3 rings (SSSR count). The highest BCUT2D eigenvalue weighted by Crippen LogP contribution is 2.20. The molecule has 1 aromatic heterocycles. The molecule has 144 valence electrons. The second-order valence-corrected chi connectivity index (χ2v) is 6.06. The fourth-order valence-corrected chi connectivity index (χ4v) is 2.45. The number of hydrogen-bond acceptors (Lipinski definition) is 5. The summed E-state index contributed by atoms with van der Waals surface area (Å²) in [5.74, 6) is -1.65. The maximum Gasteiger partial charge on any atom is 0.375 e. The highest BCUT2D eigenvalue weighted by atomic mass is 35.5. The van der Waals surface area contributed by atoms with Crippen LogP contribution in [0.25, 0.3) is 0 Å². The number of anilines is 1. The fourth-order valence-electron chi connectivity index (χ4n) is 2.28. The van der Waals surface area contributed by atoms with Gasteiger partial charge in [0, 0.05) is 10.6 Å². The van der Waals surface area contributed by atoms with Gasteiger partial charge in [0.15, 0.2) is 6.61 Å². The van der Waals surface area contributed by atoms with Crippen LogP contribution in [0.15, 0.2) is 65.3 Å². The predicted octanol–water partition coefficient (Wildman–Crippen LogP) is 4.45. The highest BCUT2D eigenvalue weighted by molar-refractivity contribution is 6.30. The molecule has 0 aliphatic rings. The van der Waals surface area contributed by atoms with E-state index in [4.69, 9.17) is 25.5 Å². The van der Waals surface area contributed by atoms with Gasteiger partial charge in [0.25, 0.3) is 5.91 Å². The Kier molecular flexibility index (Phi) is 6.29. The Balaban J connectivity index is 1.54. The number of para-hydroxylation sites is 1. The van der Waals surface area contributed by atoms with Crippen molar-refractivity contribution in [3.63, 3.8) is 0 Å². The molecule has 0 radical (unpaired) electrons. The van der Waals surface area contributed by atoms with E-state index in [2.05, 4.69) is 5.32 Å². The molecule has 1 N–H and O–H groups in total. The number of carbonyl (C=O) groups excluding carboxylic acids is 2. The number of esters is 1. The Morgan fingerprint density at radius 2 is 1.89 bits per heavy atom. The largest absolute Gasteiger partial charge is 0.489 e. The van der Waals surface area contributed by atoms with Gasteiger partial charge in [-0.25, -0.2) is 9.18 Å². The highest BCUT2D eigenvalue weighted by Gasteiger charge is 2.19. The van der Waals surface area contributed by atoms with Gasteiger partial charge >= 0.3 is 5.97 Å². The first-order valence-electron chi connectivity index (χ1n) is 8.19. The molecule has 0 spiro atoms. The third-order valence-electron chi connectivity index (χ3n) is 3.61. The van der Waals surface area contributed by atoms with Gasteiger partial charge in [-0.05, 0) is 36.4 Å². The van der Waals surface area contributed by atoms with Gasteiger partial charge in [0.05, 0.1) is 12.0 Å². The topological polar surface area (TPSA) is 77.8 Å². The van der Waals surface area contributed by atoms with Crippen molar-refractivity contribution in [2.45, 2.75) is 6.61 Å². The molecular formula is C20H15ClFNO5. The van der Waals surface area contributed by atoms with Crippen molar-refractivity contribution in [2.24, 2.45) is 0 Å². The minimum absolute atomic E-state index is 0.0716. The summed E-state index contributed by atoms with van der Waals surface area (Å²) in [7, 11) is 0. The summed E-state index contributed by atoms with van der Waals surface area (Å²) in [4.78, 5) is 24.1. The summed E-state index contributed by atoms with van der Waals surface area (Å²) in [5.41, 5.74) is 0.360. The van der Waals surface area contributed by atoms with Crippen molar-refractivity contribution in [3.05, 3.63) is 83.0 Å². The van der Waals surface area contributed by atoms with Crippen LogP contribution < -0.4 is 10.1 Å². The Morgan fingerprint density at radius 1 is 1.11 bits per heavy atom. The third-order valence-corrected chi connectivity index (χ3v) is 3.84. The van der Waals surface area contributed by atoms with Crippen molar-refractivity contribution in [1.29, 1.82) is 0 Å². The number of amides is 1. The van der Waals surface area contributed by atoms with Crippen LogP contribution in [0.4, 0.5) is 10.1 Å². The minimum Gasteiger partial charge on any atom is -0.489 e. The smallest absolute Gasteiger partial charge is 0.375 e. The zero-order chi connectivity index (χ0) is 19.9. The van der Waals surface area contributed by atoms with Gasteiger partial charge in [-0.15, -0.1) is 0 Å². The normalized spacial score (nSPS) is 10.4. The molecule has 0 aliphatic heterocycles. The maximum absolute atomic E-state index is 13.6. The summed E-state index contributed by atoms with van der Waals surface area (Å²) < 4.78 is 29.3. The number of benzene rings is 2. The zero-order valence-corrected chi connectivity index (χ0v) is 15.2. The van der Waals surface area contributed by atoms with Gasteiger partial charge < -0.3 is 19.2 Å². The number of hydrogen-bond donors (Lipinski definition) is 1. The molecule has 0 unspecified atom stereocenters. The monoisotopic (exact) mass is 403 g/mol. The second kappa shape index (κ2) is 9.05. The average Bonchev–Trinajstić information content (AvgIpc) is 3.17. The molecule has 6 nitrogen and oxygen atoms in total. The lowest BCUT2D eigenvalue weighted by Crippen LogP contribution is -2.21. The van der Waals surface area contributed by atoms with E-state index >= 15 is 0 Å². The van der Waals surface area contributed by atoms with Crippen molar-refractivity contribution < 1.29 is 27.9 Å². The lowest BCUT2D eigenvalue weighted by atomic mass is 10.2. The lowest BCUT2D eigenvalue weighted by molar-refractivity contribution is -0.119. The molecule has 0 atom stereocenters. The quantitative estimate of drug-likeness (QED) is 0.590. The zero-order valence-electron chi connectivity index (χ0n) is 14.5. The van der Waals surface area contributed by atoms with Crippen LogP contribution in [0, 0.1) is 5.82 Å². The number of carbonyl (C=O) groups is 2. The van der Waals surface area contributed by atoms with Crippen LogP contribution in [0.5, 0.6) is 5.75 Å². The van der Waals surface area contributed by atoms with Crippen LogP contribution in [0.3, 0.4) is 0 Å². The van der Waals surface area contributed by atoms with E-state index in [0.717, 1.165) is 6.07 Å². The van der Waals surface area contributed by atoms with Crippen LogP contribution in [0.2, 0.25) is 5.02 Å². The Bertz CT molecular complexity index is 974. The van der Waals surface area contributed by atoms with Crippen molar-refractivity contribution in [1.82, 2.24) is 0 Å². The number of ether oxygens (including phenoxy) is 2. The van der Waals surface area contributed by atoms with Crippen LogP contribution in [-0.4, -0.2) is 18.5 Å². The van der Waals surface area contributed by atoms with Gasteiger partial charge in [0.2, 0.25) is 5.76 Å². The Morgan fingerprint density at radius 3 is 2.68 bits per heavy atom. The summed E-state index contributed by atoms with van der Waals surface area (Å²) in [5, 5.41) is 2.54. The second-order valence-electron chi connectivity index (χ2n) is 5.63. The van der Waals surface area contributed by atoms with Gasteiger partial charge in [-0.2, -0.15) is 0 Å². The first-order valence-corrected chi connectivity index (χ1v) is 8.57. The molecule has 0 bridgehead atoms. The average molecular weight is 404 g/mol. The summed E-state index contributed by atoms with van der Waals surface area (Å²) in [6, 6.07) is 14.3. The SMILES string of the molecule is O=C(COC(=O)c1occc1COc1ccccc1)Nc1cc(Cl)ccc1F. The van der Waals surface area contributed by atoms with Gasteiger partial charge in [0.1, 0.15) is 18.2 Å². The first-order chi connectivity index (χ1) is 13.5. The molecule has 1 heterocycles. The van der Waals surface area contributed by atoms with E-state index in [1.807, 2.05) is 18.2 Å². The summed E-state index contributed by atoms with van der Waals surface area (Å²) in [6.45, 7) is -0.532. The van der Waals surface area contributed by atoms with E-state index in [-0.39, 0.29) is 23.1 Å². The van der Waals surface area contributed by atoms with Crippen LogP contribution in [0.1, 0.15) is 16.1 Å². The van der Waals surface area contributed by atoms with E-state index < -0.39 is 24.3 Å². The van der Waals surface area contributed by atoms with E-state index in [1.165, 1.54) is 18.4 Å². The lowest BCUT2D eigenvalue weighted by Gasteiger charge is -2.08. The molecule has 1 amide bonds.